The van der Waals surface area contributed by atoms with Gasteiger partial charge in [-0.3, -0.25) is 0 Å². The maximum Gasteiger partial charge on any atom is 0.161 e. The molecule has 0 aliphatic carbocycles. The molecule has 0 saturated carbocycles. The van der Waals surface area contributed by atoms with Gasteiger partial charge in [-0.15, -0.1) is 0 Å². The number of aliphatic hydroxyl groups is 2. The van der Waals surface area contributed by atoms with Crippen LogP contribution in [-0.4, -0.2) is 31.0 Å². The van der Waals surface area contributed by atoms with Crippen LogP contribution in [0.4, 0.5) is 0 Å². The van der Waals surface area contributed by atoms with E-state index < -0.39 is 6.10 Å². The summed E-state index contributed by atoms with van der Waals surface area (Å²) < 4.78 is 10.8. The van der Waals surface area contributed by atoms with Crippen molar-refractivity contribution in [2.24, 2.45) is 0 Å². The van der Waals surface area contributed by atoms with Gasteiger partial charge in [-0.25, -0.2) is 0 Å². The molecule has 5 heteroatoms. The van der Waals surface area contributed by atoms with Crippen molar-refractivity contribution in [2.75, 3.05) is 20.8 Å². The summed E-state index contributed by atoms with van der Waals surface area (Å²) in [6, 6.07) is 3.32. The minimum Gasteiger partial charge on any atom is -0.493 e. The molecule has 15 heavy (non-hydrogen) atoms. The summed E-state index contributed by atoms with van der Waals surface area (Å²) in [7, 11) is 3.05. The van der Waals surface area contributed by atoms with Crippen LogP contribution in [0.15, 0.2) is 16.6 Å². The molecule has 0 heterocycles. The van der Waals surface area contributed by atoms with Crippen LogP contribution >= 0.6 is 15.9 Å². The fourth-order valence-electron chi connectivity index (χ4n) is 1.22. The van der Waals surface area contributed by atoms with E-state index in [1.54, 1.807) is 12.1 Å². The number of halogens is 1. The van der Waals surface area contributed by atoms with Gasteiger partial charge in [0.15, 0.2) is 11.5 Å². The van der Waals surface area contributed by atoms with Crippen molar-refractivity contribution >= 4 is 15.9 Å². The Morgan fingerprint density at radius 3 is 2.27 bits per heavy atom. The van der Waals surface area contributed by atoms with Crippen molar-refractivity contribution in [3.8, 4) is 11.5 Å². The van der Waals surface area contributed by atoms with Gasteiger partial charge >= 0.3 is 0 Å². The quantitative estimate of drug-likeness (QED) is 0.875. The first-order valence-electron chi connectivity index (χ1n) is 4.34. The predicted octanol–water partition coefficient (Wildman–Crippen LogP) is 1.49. The molecule has 0 saturated heterocycles. The first kappa shape index (κ1) is 12.3. The molecule has 0 aliphatic rings. The minimum atomic E-state index is -0.931. The second-order valence-electron chi connectivity index (χ2n) is 2.93. The van der Waals surface area contributed by atoms with Gasteiger partial charge in [-0.2, -0.15) is 0 Å². The Morgan fingerprint density at radius 2 is 1.80 bits per heavy atom. The van der Waals surface area contributed by atoms with Crippen LogP contribution in [-0.2, 0) is 0 Å². The number of methoxy groups -OCH3 is 2. The fraction of sp³-hybridized carbons (Fsp3) is 0.400. The van der Waals surface area contributed by atoms with E-state index in [9.17, 15) is 5.11 Å². The molecular weight excluding hydrogens is 264 g/mol. The van der Waals surface area contributed by atoms with Gasteiger partial charge in [0.1, 0.15) is 6.10 Å². The summed E-state index contributed by atoms with van der Waals surface area (Å²) in [5, 5.41) is 18.4. The Labute approximate surface area is 96.6 Å². The normalized spacial score (nSPS) is 12.3. The van der Waals surface area contributed by atoms with E-state index in [1.807, 2.05) is 0 Å². The van der Waals surface area contributed by atoms with Crippen molar-refractivity contribution in [1.29, 1.82) is 0 Å². The Hall–Kier alpha value is -0.780. The highest BCUT2D eigenvalue weighted by Crippen LogP contribution is 2.35. The lowest BCUT2D eigenvalue weighted by molar-refractivity contribution is 0.0948. The minimum absolute atomic E-state index is 0.339. The summed E-state index contributed by atoms with van der Waals surface area (Å²) in [6.07, 6.45) is -0.931. The third kappa shape index (κ3) is 2.62. The largest absolute Gasteiger partial charge is 0.493 e. The van der Waals surface area contributed by atoms with Crippen molar-refractivity contribution in [1.82, 2.24) is 0 Å². The van der Waals surface area contributed by atoms with Crippen LogP contribution in [0, 0.1) is 0 Å². The maximum atomic E-state index is 9.52. The zero-order valence-corrected chi connectivity index (χ0v) is 10.1. The standard InChI is InChI=1S/C10H13BrO4/c1-14-9-3-6(8(13)5-12)7(11)4-10(9)15-2/h3-4,8,12-13H,5H2,1-2H3. The first-order chi connectivity index (χ1) is 7.13. The van der Waals surface area contributed by atoms with Crippen LogP contribution in [0.1, 0.15) is 11.7 Å². The van der Waals surface area contributed by atoms with E-state index in [4.69, 9.17) is 14.6 Å². The number of hydrogen-bond acceptors (Lipinski definition) is 4. The van der Waals surface area contributed by atoms with Gasteiger partial charge < -0.3 is 19.7 Å². The van der Waals surface area contributed by atoms with Crippen molar-refractivity contribution in [3.05, 3.63) is 22.2 Å². The van der Waals surface area contributed by atoms with Crippen LogP contribution in [0.2, 0.25) is 0 Å². The summed E-state index contributed by atoms with van der Waals surface area (Å²) in [5.41, 5.74) is 0.565. The van der Waals surface area contributed by atoms with E-state index in [-0.39, 0.29) is 6.61 Å². The Morgan fingerprint density at radius 1 is 1.27 bits per heavy atom. The second kappa shape index (κ2) is 5.34. The molecule has 0 spiro atoms. The monoisotopic (exact) mass is 276 g/mol. The molecule has 0 aliphatic heterocycles. The zero-order valence-electron chi connectivity index (χ0n) is 8.53. The molecule has 0 fully saturated rings. The molecular formula is C10H13BrO4. The number of ether oxygens (including phenoxy) is 2. The van der Waals surface area contributed by atoms with Crippen LogP contribution in [0.25, 0.3) is 0 Å². The van der Waals surface area contributed by atoms with Crippen LogP contribution in [0.5, 0.6) is 11.5 Å². The Bertz CT molecular complexity index is 340. The lowest BCUT2D eigenvalue weighted by Gasteiger charge is -2.14. The van der Waals surface area contributed by atoms with Crippen molar-refractivity contribution in [2.45, 2.75) is 6.10 Å². The molecule has 4 nitrogen and oxygen atoms in total. The van der Waals surface area contributed by atoms with E-state index in [2.05, 4.69) is 15.9 Å². The molecule has 0 amide bonds. The van der Waals surface area contributed by atoms with E-state index in [0.29, 0.717) is 21.5 Å². The second-order valence-corrected chi connectivity index (χ2v) is 3.78. The Balaban J connectivity index is 3.19. The molecule has 1 aromatic carbocycles. The summed E-state index contributed by atoms with van der Waals surface area (Å²) >= 11 is 3.29. The molecule has 1 aromatic rings. The number of benzene rings is 1. The summed E-state index contributed by atoms with van der Waals surface area (Å²) in [5.74, 6) is 1.08. The number of rotatable bonds is 4. The third-order valence-corrected chi connectivity index (χ3v) is 2.72. The highest BCUT2D eigenvalue weighted by atomic mass is 79.9. The van der Waals surface area contributed by atoms with E-state index >= 15 is 0 Å². The van der Waals surface area contributed by atoms with Gasteiger partial charge in [0.2, 0.25) is 0 Å². The smallest absolute Gasteiger partial charge is 0.161 e. The molecule has 0 radical (unpaired) electrons. The van der Waals surface area contributed by atoms with Gasteiger partial charge in [0.25, 0.3) is 0 Å². The van der Waals surface area contributed by atoms with Crippen molar-refractivity contribution < 1.29 is 19.7 Å². The molecule has 0 bridgehead atoms. The average Bonchev–Trinajstić information content (AvgIpc) is 2.27. The third-order valence-electron chi connectivity index (χ3n) is 2.03. The lowest BCUT2D eigenvalue weighted by Crippen LogP contribution is -2.04. The number of hydrogen-bond donors (Lipinski definition) is 2. The van der Waals surface area contributed by atoms with Gasteiger partial charge in [0, 0.05) is 10.0 Å². The molecule has 1 atom stereocenters. The first-order valence-corrected chi connectivity index (χ1v) is 5.13. The van der Waals surface area contributed by atoms with Gasteiger partial charge in [-0.05, 0) is 12.1 Å². The molecule has 84 valence electrons. The number of aliphatic hydroxyl groups excluding tert-OH is 2. The highest BCUT2D eigenvalue weighted by molar-refractivity contribution is 9.10. The molecule has 2 N–H and O–H groups in total. The highest BCUT2D eigenvalue weighted by Gasteiger charge is 2.15. The molecule has 0 aromatic heterocycles. The average molecular weight is 277 g/mol. The van der Waals surface area contributed by atoms with Crippen LogP contribution in [0.3, 0.4) is 0 Å². The zero-order chi connectivity index (χ0) is 11.4. The fourth-order valence-corrected chi connectivity index (χ4v) is 1.81. The van der Waals surface area contributed by atoms with Crippen molar-refractivity contribution in [3.63, 3.8) is 0 Å². The molecule has 1 unspecified atom stereocenters. The SMILES string of the molecule is COc1cc(Br)c(C(O)CO)cc1OC. The summed E-state index contributed by atoms with van der Waals surface area (Å²) in [6.45, 7) is -0.339. The molecule has 1 rings (SSSR count). The van der Waals surface area contributed by atoms with E-state index in [1.165, 1.54) is 14.2 Å². The maximum absolute atomic E-state index is 9.52. The van der Waals surface area contributed by atoms with Crippen LogP contribution < -0.4 is 9.47 Å². The van der Waals surface area contributed by atoms with E-state index in [0.717, 1.165) is 0 Å². The topological polar surface area (TPSA) is 58.9 Å². The predicted molar refractivity (Wildman–Crippen MR) is 59.3 cm³/mol. The van der Waals surface area contributed by atoms with Gasteiger partial charge in [-0.1, -0.05) is 15.9 Å². The lowest BCUT2D eigenvalue weighted by atomic mass is 10.1. The van der Waals surface area contributed by atoms with Gasteiger partial charge in [0.05, 0.1) is 20.8 Å². The Kier molecular flexibility index (Phi) is 4.38. The summed E-state index contributed by atoms with van der Waals surface area (Å²) in [4.78, 5) is 0.